The van der Waals surface area contributed by atoms with E-state index in [1.165, 1.54) is 25.9 Å². The molecule has 0 aromatic heterocycles. The molecule has 0 spiro atoms. The van der Waals surface area contributed by atoms with Crippen LogP contribution in [0, 0.1) is 5.92 Å². The van der Waals surface area contributed by atoms with Crippen LogP contribution in [0.4, 0.5) is 0 Å². The molecular formula is C12H26N4O. The van der Waals surface area contributed by atoms with Gasteiger partial charge in [-0.2, -0.15) is 0 Å². The van der Waals surface area contributed by atoms with Crippen molar-refractivity contribution in [1.82, 2.24) is 10.2 Å². The minimum Gasteiger partial charge on any atom is -0.409 e. The van der Waals surface area contributed by atoms with Crippen molar-refractivity contribution in [2.24, 2.45) is 16.8 Å². The second-order valence-corrected chi connectivity index (χ2v) is 5.01. The van der Waals surface area contributed by atoms with E-state index in [1.807, 2.05) is 6.92 Å². The number of likely N-dealkylation sites (tertiary alicyclic amines) is 1. The second-order valence-electron chi connectivity index (χ2n) is 5.01. The van der Waals surface area contributed by atoms with Crippen LogP contribution in [-0.2, 0) is 0 Å². The molecule has 0 amide bonds. The monoisotopic (exact) mass is 242 g/mol. The molecule has 0 saturated carbocycles. The fourth-order valence-electron chi connectivity index (χ4n) is 2.34. The van der Waals surface area contributed by atoms with Gasteiger partial charge in [0.15, 0.2) is 5.84 Å². The molecule has 0 aliphatic carbocycles. The van der Waals surface area contributed by atoms with Gasteiger partial charge < -0.3 is 21.2 Å². The molecule has 1 heterocycles. The lowest BCUT2D eigenvalue weighted by Crippen LogP contribution is -2.44. The Labute approximate surface area is 104 Å². The van der Waals surface area contributed by atoms with Gasteiger partial charge in [0.1, 0.15) is 0 Å². The number of amidine groups is 1. The van der Waals surface area contributed by atoms with E-state index in [-0.39, 0.29) is 11.9 Å². The Morgan fingerprint density at radius 2 is 2.12 bits per heavy atom. The highest BCUT2D eigenvalue weighted by Gasteiger charge is 2.16. The van der Waals surface area contributed by atoms with Gasteiger partial charge in [-0.1, -0.05) is 19.0 Å². The molecule has 1 fully saturated rings. The summed E-state index contributed by atoms with van der Waals surface area (Å²) in [6.45, 7) is 8.79. The molecule has 1 aliphatic rings. The Kier molecular flexibility index (Phi) is 6.29. The van der Waals surface area contributed by atoms with Crippen molar-refractivity contribution < 1.29 is 5.21 Å². The van der Waals surface area contributed by atoms with Crippen LogP contribution in [0.2, 0.25) is 0 Å². The Morgan fingerprint density at radius 1 is 1.47 bits per heavy atom. The molecule has 17 heavy (non-hydrogen) atoms. The summed E-state index contributed by atoms with van der Waals surface area (Å²) < 4.78 is 0. The van der Waals surface area contributed by atoms with Crippen LogP contribution in [0.5, 0.6) is 0 Å². The Morgan fingerprint density at radius 3 is 2.65 bits per heavy atom. The van der Waals surface area contributed by atoms with Gasteiger partial charge in [-0.25, -0.2) is 0 Å². The molecule has 4 N–H and O–H groups in total. The van der Waals surface area contributed by atoms with Crippen LogP contribution < -0.4 is 11.1 Å². The first-order chi connectivity index (χ1) is 8.17. The third-order valence-corrected chi connectivity index (χ3v) is 3.36. The predicted octanol–water partition coefficient (Wildman–Crippen LogP) is 0.833. The first kappa shape index (κ1) is 14.3. The molecule has 5 heteroatoms. The van der Waals surface area contributed by atoms with E-state index in [4.69, 9.17) is 10.9 Å². The summed E-state index contributed by atoms with van der Waals surface area (Å²) in [5.41, 5.74) is 5.60. The first-order valence-corrected chi connectivity index (χ1v) is 6.60. The van der Waals surface area contributed by atoms with Crippen molar-refractivity contribution in [2.45, 2.75) is 39.2 Å². The molecule has 0 bridgehead atoms. The lowest BCUT2D eigenvalue weighted by Gasteiger charge is -2.23. The zero-order chi connectivity index (χ0) is 12.7. The molecule has 0 aromatic rings. The van der Waals surface area contributed by atoms with Crippen LogP contribution >= 0.6 is 0 Å². The molecule has 100 valence electrons. The van der Waals surface area contributed by atoms with E-state index < -0.39 is 0 Å². The highest BCUT2D eigenvalue weighted by atomic mass is 16.4. The highest BCUT2D eigenvalue weighted by Crippen LogP contribution is 2.09. The SMILES string of the molecule is CCC(NCC(C)CN1CCCC1)/C(N)=N/O. The number of nitrogens with two attached hydrogens (primary N) is 1. The van der Waals surface area contributed by atoms with Gasteiger partial charge >= 0.3 is 0 Å². The van der Waals surface area contributed by atoms with Gasteiger partial charge in [-0.15, -0.1) is 0 Å². The number of nitrogens with zero attached hydrogens (tertiary/aromatic N) is 2. The standard InChI is InChI=1S/C12H26N4O/c1-3-11(12(13)15-17)14-8-10(2)9-16-6-4-5-7-16/h10-11,14,17H,3-9H2,1-2H3,(H2,13,15). The first-order valence-electron chi connectivity index (χ1n) is 6.60. The molecule has 5 nitrogen and oxygen atoms in total. The fourth-order valence-corrected chi connectivity index (χ4v) is 2.34. The highest BCUT2D eigenvalue weighted by molar-refractivity contribution is 5.85. The zero-order valence-electron chi connectivity index (χ0n) is 11.0. The molecule has 1 rings (SSSR count). The van der Waals surface area contributed by atoms with Gasteiger partial charge in [0.25, 0.3) is 0 Å². The molecule has 0 radical (unpaired) electrons. The minimum atomic E-state index is -0.0129. The van der Waals surface area contributed by atoms with E-state index in [9.17, 15) is 0 Å². The maximum absolute atomic E-state index is 8.65. The van der Waals surface area contributed by atoms with Crippen LogP contribution in [0.3, 0.4) is 0 Å². The average Bonchev–Trinajstić information content (AvgIpc) is 2.82. The molecule has 1 saturated heterocycles. The summed E-state index contributed by atoms with van der Waals surface area (Å²) in [4.78, 5) is 2.51. The summed E-state index contributed by atoms with van der Waals surface area (Å²) in [7, 11) is 0. The van der Waals surface area contributed by atoms with E-state index in [1.54, 1.807) is 0 Å². The predicted molar refractivity (Wildman–Crippen MR) is 70.3 cm³/mol. The summed E-state index contributed by atoms with van der Waals surface area (Å²) in [5, 5.41) is 15.1. The number of rotatable bonds is 7. The largest absolute Gasteiger partial charge is 0.409 e. The van der Waals surface area contributed by atoms with Gasteiger partial charge in [0.2, 0.25) is 0 Å². The van der Waals surface area contributed by atoms with Gasteiger partial charge in [0.05, 0.1) is 6.04 Å². The van der Waals surface area contributed by atoms with Gasteiger partial charge in [-0.05, 0) is 44.8 Å². The Balaban J connectivity index is 2.23. The maximum Gasteiger partial charge on any atom is 0.156 e. The molecule has 1 aliphatic heterocycles. The molecular weight excluding hydrogens is 216 g/mol. The zero-order valence-corrected chi connectivity index (χ0v) is 11.0. The topological polar surface area (TPSA) is 73.9 Å². The number of nitrogens with one attached hydrogen (secondary N) is 1. The van der Waals surface area contributed by atoms with E-state index in [0.29, 0.717) is 5.92 Å². The van der Waals surface area contributed by atoms with E-state index in [0.717, 1.165) is 19.5 Å². The lowest BCUT2D eigenvalue weighted by molar-refractivity contribution is 0.279. The molecule has 2 atom stereocenters. The average molecular weight is 242 g/mol. The summed E-state index contributed by atoms with van der Waals surface area (Å²) >= 11 is 0. The maximum atomic E-state index is 8.65. The number of hydrogen-bond acceptors (Lipinski definition) is 4. The quantitative estimate of drug-likeness (QED) is 0.268. The van der Waals surface area contributed by atoms with Crippen LogP contribution in [0.15, 0.2) is 5.16 Å². The third kappa shape index (κ3) is 4.91. The Hall–Kier alpha value is -0.810. The third-order valence-electron chi connectivity index (χ3n) is 3.36. The van der Waals surface area contributed by atoms with E-state index >= 15 is 0 Å². The summed E-state index contributed by atoms with van der Waals surface area (Å²) in [6, 6.07) is -0.0129. The van der Waals surface area contributed by atoms with Crippen molar-refractivity contribution in [3.63, 3.8) is 0 Å². The number of oxime groups is 1. The van der Waals surface area contributed by atoms with Gasteiger partial charge in [-0.3, -0.25) is 0 Å². The van der Waals surface area contributed by atoms with Crippen molar-refractivity contribution in [3.8, 4) is 0 Å². The molecule has 0 aromatic carbocycles. The summed E-state index contributed by atoms with van der Waals surface area (Å²) in [6.07, 6.45) is 3.51. The normalized spacial score (nSPS) is 21.6. The minimum absolute atomic E-state index is 0.0129. The van der Waals surface area contributed by atoms with Crippen molar-refractivity contribution in [2.75, 3.05) is 26.2 Å². The molecule has 2 unspecified atom stereocenters. The second kappa shape index (κ2) is 7.50. The lowest BCUT2D eigenvalue weighted by atomic mass is 10.1. The van der Waals surface area contributed by atoms with Crippen LogP contribution in [0.25, 0.3) is 0 Å². The van der Waals surface area contributed by atoms with Crippen molar-refractivity contribution >= 4 is 5.84 Å². The summed E-state index contributed by atoms with van der Waals surface area (Å²) in [5.74, 6) is 0.870. The number of hydrogen-bond donors (Lipinski definition) is 3. The van der Waals surface area contributed by atoms with Crippen LogP contribution in [-0.4, -0.2) is 48.2 Å². The van der Waals surface area contributed by atoms with Crippen LogP contribution in [0.1, 0.15) is 33.1 Å². The smallest absolute Gasteiger partial charge is 0.156 e. The van der Waals surface area contributed by atoms with Crippen molar-refractivity contribution in [3.05, 3.63) is 0 Å². The van der Waals surface area contributed by atoms with Gasteiger partial charge in [0, 0.05) is 6.54 Å². The van der Waals surface area contributed by atoms with Crippen molar-refractivity contribution in [1.29, 1.82) is 0 Å². The Bertz CT molecular complexity index is 239. The fraction of sp³-hybridized carbons (Fsp3) is 0.917. The van der Waals surface area contributed by atoms with E-state index in [2.05, 4.69) is 22.3 Å².